The van der Waals surface area contributed by atoms with E-state index < -0.39 is 27.7 Å². The lowest BCUT2D eigenvalue weighted by Gasteiger charge is -2.12. The Labute approximate surface area is 167 Å². The highest BCUT2D eigenvalue weighted by atomic mass is 32.2. The van der Waals surface area contributed by atoms with Gasteiger partial charge in [-0.15, -0.1) is 0 Å². The maximum absolute atomic E-state index is 14.0. The summed E-state index contributed by atoms with van der Waals surface area (Å²) < 4.78 is 51.5. The van der Waals surface area contributed by atoms with Crippen molar-refractivity contribution < 1.29 is 27.1 Å². The number of ether oxygens (including phenoxy) is 2. The van der Waals surface area contributed by atoms with Crippen LogP contribution in [0.5, 0.6) is 11.5 Å². The van der Waals surface area contributed by atoms with E-state index in [1.807, 2.05) is 4.72 Å². The molecule has 0 saturated carbocycles. The number of amides is 1. The van der Waals surface area contributed by atoms with Gasteiger partial charge in [0.25, 0.3) is 15.9 Å². The molecule has 1 aromatic carbocycles. The van der Waals surface area contributed by atoms with Crippen LogP contribution in [0.3, 0.4) is 0 Å². The van der Waals surface area contributed by atoms with Gasteiger partial charge < -0.3 is 9.47 Å². The second-order valence-corrected chi connectivity index (χ2v) is 7.77. The number of pyridine rings is 1. The van der Waals surface area contributed by atoms with Gasteiger partial charge in [0.15, 0.2) is 5.82 Å². The Kier molecular flexibility index (Phi) is 5.64. The number of carbonyl (C=O) groups is 1. The first kappa shape index (κ1) is 20.5. The van der Waals surface area contributed by atoms with Crippen molar-refractivity contribution in [3.8, 4) is 11.5 Å². The van der Waals surface area contributed by atoms with E-state index in [1.165, 1.54) is 56.8 Å². The zero-order valence-corrected chi connectivity index (χ0v) is 16.7. The van der Waals surface area contributed by atoms with Gasteiger partial charge in [-0.25, -0.2) is 22.5 Å². The van der Waals surface area contributed by atoms with Gasteiger partial charge in [0, 0.05) is 18.2 Å². The lowest BCUT2D eigenvalue weighted by molar-refractivity contribution is -0.115. The zero-order valence-electron chi connectivity index (χ0n) is 15.8. The molecule has 1 aliphatic heterocycles. The van der Waals surface area contributed by atoms with Crippen LogP contribution in [0.1, 0.15) is 12.6 Å². The van der Waals surface area contributed by atoms with E-state index in [0.717, 1.165) is 0 Å². The van der Waals surface area contributed by atoms with Crippen molar-refractivity contribution in [1.82, 2.24) is 9.71 Å². The number of sulfonamides is 1. The summed E-state index contributed by atoms with van der Waals surface area (Å²) in [6.07, 6.45) is 2.85. The van der Waals surface area contributed by atoms with E-state index in [-0.39, 0.29) is 33.5 Å². The minimum absolute atomic E-state index is 0.0105. The summed E-state index contributed by atoms with van der Waals surface area (Å²) in [5, 5.41) is 0. The van der Waals surface area contributed by atoms with Crippen LogP contribution >= 0.6 is 0 Å². The van der Waals surface area contributed by atoms with Gasteiger partial charge in [0.2, 0.25) is 0 Å². The molecule has 1 atom stereocenters. The molecule has 10 heteroatoms. The van der Waals surface area contributed by atoms with Crippen molar-refractivity contribution in [3.05, 3.63) is 59.8 Å². The van der Waals surface area contributed by atoms with E-state index in [2.05, 4.69) is 9.98 Å². The Hall–Kier alpha value is -3.27. The number of aromatic nitrogens is 1. The Morgan fingerprint density at radius 2 is 1.97 bits per heavy atom. The fraction of sp³-hybridized carbons (Fsp3) is 0.211. The molecule has 29 heavy (non-hydrogen) atoms. The lowest BCUT2D eigenvalue weighted by atomic mass is 10.0. The molecule has 2 heterocycles. The fourth-order valence-corrected chi connectivity index (χ4v) is 3.92. The van der Waals surface area contributed by atoms with Crippen molar-refractivity contribution in [2.75, 3.05) is 14.2 Å². The Morgan fingerprint density at radius 1 is 1.21 bits per heavy atom. The topological polar surface area (TPSA) is 107 Å². The third kappa shape index (κ3) is 4.11. The molecule has 0 radical (unpaired) electrons. The third-order valence-electron chi connectivity index (χ3n) is 4.20. The molecule has 1 N–H and O–H groups in total. The van der Waals surface area contributed by atoms with Crippen LogP contribution in [0, 0.1) is 11.7 Å². The van der Waals surface area contributed by atoms with Crippen LogP contribution in [0.15, 0.2) is 58.2 Å². The first-order valence-electron chi connectivity index (χ1n) is 8.47. The van der Waals surface area contributed by atoms with Gasteiger partial charge in [0.1, 0.15) is 27.8 Å². The molecule has 1 aliphatic rings. The second kappa shape index (κ2) is 8.00. The molecule has 0 fully saturated rings. The number of benzene rings is 1. The van der Waals surface area contributed by atoms with Crippen molar-refractivity contribution in [2.45, 2.75) is 11.8 Å². The van der Waals surface area contributed by atoms with Crippen LogP contribution in [-0.4, -0.2) is 39.2 Å². The molecule has 8 nitrogen and oxygen atoms in total. The number of allylic oxidation sites excluding steroid dienone is 1. The number of carbonyl (C=O) groups excluding carboxylic acids is 1. The monoisotopic (exact) mass is 419 g/mol. The smallest absolute Gasteiger partial charge is 0.283 e. The molecule has 152 valence electrons. The molecule has 1 aromatic heterocycles. The molecule has 2 aromatic rings. The summed E-state index contributed by atoms with van der Waals surface area (Å²) in [7, 11) is -1.59. The van der Waals surface area contributed by atoms with E-state index in [4.69, 9.17) is 9.47 Å². The van der Waals surface area contributed by atoms with Gasteiger partial charge in [-0.2, -0.15) is 0 Å². The summed E-state index contributed by atoms with van der Waals surface area (Å²) in [5.74, 6) is -1.64. The number of nitrogens with zero attached hydrogens (tertiary/aromatic N) is 2. The largest absolute Gasteiger partial charge is 0.497 e. The van der Waals surface area contributed by atoms with E-state index in [0.29, 0.717) is 0 Å². The van der Waals surface area contributed by atoms with Crippen molar-refractivity contribution in [1.29, 1.82) is 0 Å². The number of rotatable bonds is 6. The molecule has 0 aliphatic carbocycles. The minimum Gasteiger partial charge on any atom is -0.497 e. The predicted molar refractivity (Wildman–Crippen MR) is 103 cm³/mol. The molecular weight excluding hydrogens is 401 g/mol. The van der Waals surface area contributed by atoms with Crippen molar-refractivity contribution in [2.24, 2.45) is 10.9 Å². The maximum Gasteiger partial charge on any atom is 0.283 e. The van der Waals surface area contributed by atoms with Crippen LogP contribution < -0.4 is 14.2 Å². The second-order valence-electron chi connectivity index (χ2n) is 6.12. The Morgan fingerprint density at radius 3 is 2.62 bits per heavy atom. The highest BCUT2D eigenvalue weighted by Gasteiger charge is 2.29. The van der Waals surface area contributed by atoms with E-state index in [1.54, 1.807) is 6.92 Å². The molecule has 1 unspecified atom stereocenters. The van der Waals surface area contributed by atoms with Crippen molar-refractivity contribution >= 4 is 21.6 Å². The predicted octanol–water partition coefficient (Wildman–Crippen LogP) is 2.07. The maximum atomic E-state index is 14.0. The standard InChI is InChI=1S/C19H18FN3O5S/c1-11-9-14(22-17(11)18-13(20)5-4-8-21-18)19(24)23-29(25,26)16-10-12(27-2)6-7-15(16)28-3/h4-11H,1-3H3,(H,23,24). The molecular formula is C19H18FN3O5S. The third-order valence-corrected chi connectivity index (χ3v) is 5.55. The number of methoxy groups -OCH3 is 2. The van der Waals surface area contributed by atoms with Crippen LogP contribution in [0.4, 0.5) is 4.39 Å². The van der Waals surface area contributed by atoms with Gasteiger partial charge in [0.05, 0.1) is 19.9 Å². The minimum atomic E-state index is -4.28. The summed E-state index contributed by atoms with van der Waals surface area (Å²) in [4.78, 5) is 20.3. The highest BCUT2D eigenvalue weighted by molar-refractivity contribution is 7.90. The van der Waals surface area contributed by atoms with Gasteiger partial charge in [-0.05, 0) is 30.3 Å². The number of hydrogen-bond acceptors (Lipinski definition) is 7. The molecule has 0 spiro atoms. The Balaban J connectivity index is 1.89. The summed E-state index contributed by atoms with van der Waals surface area (Å²) in [5.41, 5.74) is 0.101. The first-order valence-corrected chi connectivity index (χ1v) is 9.95. The summed E-state index contributed by atoms with van der Waals surface area (Å²) in [6, 6.07) is 6.84. The molecule has 1 amide bonds. The SMILES string of the molecule is COc1ccc(OC)c(S(=O)(=O)NC(=O)C2=CC(C)C(c3ncccc3F)=N2)c1. The zero-order chi connectivity index (χ0) is 21.2. The average Bonchev–Trinajstić information content (AvgIpc) is 3.09. The molecule has 0 bridgehead atoms. The summed E-state index contributed by atoms with van der Waals surface area (Å²) >= 11 is 0. The van der Waals surface area contributed by atoms with Gasteiger partial charge >= 0.3 is 0 Å². The molecule has 0 saturated heterocycles. The fourth-order valence-electron chi connectivity index (χ4n) is 2.78. The van der Waals surface area contributed by atoms with Crippen molar-refractivity contribution in [3.63, 3.8) is 0 Å². The first-order chi connectivity index (χ1) is 13.8. The molecule has 3 rings (SSSR count). The van der Waals surface area contributed by atoms with Crippen LogP contribution in [-0.2, 0) is 14.8 Å². The Bertz CT molecular complexity index is 1130. The average molecular weight is 419 g/mol. The van der Waals surface area contributed by atoms with Gasteiger partial charge in [-0.1, -0.05) is 6.92 Å². The van der Waals surface area contributed by atoms with Gasteiger partial charge in [-0.3, -0.25) is 9.78 Å². The van der Waals surface area contributed by atoms with Crippen LogP contribution in [0.2, 0.25) is 0 Å². The van der Waals surface area contributed by atoms with E-state index in [9.17, 15) is 17.6 Å². The number of aliphatic imine (C=N–C) groups is 1. The van der Waals surface area contributed by atoms with E-state index >= 15 is 0 Å². The highest BCUT2D eigenvalue weighted by Crippen LogP contribution is 2.29. The normalized spacial score (nSPS) is 16.1. The number of halogens is 1. The number of hydrogen-bond donors (Lipinski definition) is 1. The number of nitrogens with one attached hydrogen (secondary N) is 1. The lowest BCUT2D eigenvalue weighted by Crippen LogP contribution is -2.31. The quantitative estimate of drug-likeness (QED) is 0.768. The summed E-state index contributed by atoms with van der Waals surface area (Å²) in [6.45, 7) is 1.70. The van der Waals surface area contributed by atoms with Crippen LogP contribution in [0.25, 0.3) is 0 Å².